The molecule has 1 aliphatic heterocycles. The Labute approximate surface area is 129 Å². The fourth-order valence-electron chi connectivity index (χ4n) is 2.82. The molecular formula is C15H21ClN2O3. The van der Waals surface area contributed by atoms with Gasteiger partial charge >= 0.3 is 0 Å². The lowest BCUT2D eigenvalue weighted by atomic mass is 9.89. The molecule has 0 aromatic heterocycles. The first kappa shape index (κ1) is 15.9. The molecule has 1 aliphatic rings. The van der Waals surface area contributed by atoms with Gasteiger partial charge in [-0.25, -0.2) is 0 Å². The van der Waals surface area contributed by atoms with Gasteiger partial charge in [0.05, 0.1) is 12.5 Å². The summed E-state index contributed by atoms with van der Waals surface area (Å²) in [6, 6.07) is 3.31. The number of carbonyl (C=O) groups is 1. The summed E-state index contributed by atoms with van der Waals surface area (Å²) in [4.78, 5) is 14.1. The Hall–Kier alpha value is -1.46. The molecule has 0 spiro atoms. The number of carbonyl (C=O) groups excluding carboxylic acids is 1. The van der Waals surface area contributed by atoms with Crippen molar-refractivity contribution in [3.05, 3.63) is 22.7 Å². The molecule has 1 amide bonds. The van der Waals surface area contributed by atoms with Crippen LogP contribution in [0.15, 0.2) is 12.1 Å². The minimum absolute atomic E-state index is 0.0536. The van der Waals surface area contributed by atoms with Gasteiger partial charge in [0.15, 0.2) is 11.5 Å². The predicted octanol–water partition coefficient (Wildman–Crippen LogP) is 2.01. The van der Waals surface area contributed by atoms with E-state index in [2.05, 4.69) is 10.2 Å². The van der Waals surface area contributed by atoms with Gasteiger partial charge in [-0.1, -0.05) is 11.6 Å². The largest absolute Gasteiger partial charge is 0.504 e. The van der Waals surface area contributed by atoms with Crippen molar-refractivity contribution < 1.29 is 14.6 Å². The maximum atomic E-state index is 11.9. The van der Waals surface area contributed by atoms with Gasteiger partial charge in [-0.15, -0.1) is 0 Å². The smallest absolute Gasteiger partial charge is 0.227 e. The van der Waals surface area contributed by atoms with Gasteiger partial charge in [-0.05, 0) is 26.0 Å². The van der Waals surface area contributed by atoms with Crippen molar-refractivity contribution in [1.82, 2.24) is 10.2 Å². The van der Waals surface area contributed by atoms with Crippen LogP contribution in [0.25, 0.3) is 0 Å². The summed E-state index contributed by atoms with van der Waals surface area (Å²) in [5.74, 6) is 0.527. The number of amides is 1. The molecule has 0 bridgehead atoms. The van der Waals surface area contributed by atoms with E-state index in [1.54, 1.807) is 19.2 Å². The molecule has 2 N–H and O–H groups in total. The van der Waals surface area contributed by atoms with Crippen molar-refractivity contribution in [1.29, 1.82) is 0 Å². The van der Waals surface area contributed by atoms with E-state index in [-0.39, 0.29) is 17.1 Å². The summed E-state index contributed by atoms with van der Waals surface area (Å²) in [6.45, 7) is 3.96. The van der Waals surface area contributed by atoms with E-state index in [0.29, 0.717) is 29.4 Å². The van der Waals surface area contributed by atoms with E-state index in [9.17, 15) is 9.90 Å². The van der Waals surface area contributed by atoms with Crippen LogP contribution in [0, 0.1) is 5.41 Å². The predicted molar refractivity (Wildman–Crippen MR) is 81.7 cm³/mol. The SMILES string of the molecule is CNC(=O)C1(C)CCN(Cc2cc(Cl)cc(OC)c2O)C1. The number of phenols is 1. The van der Waals surface area contributed by atoms with Crippen molar-refractivity contribution in [2.45, 2.75) is 19.9 Å². The number of nitrogens with one attached hydrogen (secondary N) is 1. The summed E-state index contributed by atoms with van der Waals surface area (Å²) < 4.78 is 5.11. The van der Waals surface area contributed by atoms with Crippen molar-refractivity contribution >= 4 is 17.5 Å². The highest BCUT2D eigenvalue weighted by Crippen LogP contribution is 2.36. The molecule has 5 nitrogen and oxygen atoms in total. The number of halogens is 1. The molecule has 21 heavy (non-hydrogen) atoms. The Bertz CT molecular complexity index is 550. The van der Waals surface area contributed by atoms with Gasteiger partial charge in [-0.2, -0.15) is 0 Å². The molecule has 0 aliphatic carbocycles. The average molecular weight is 313 g/mol. The summed E-state index contributed by atoms with van der Waals surface area (Å²) in [7, 11) is 3.15. The highest BCUT2D eigenvalue weighted by molar-refractivity contribution is 6.30. The van der Waals surface area contributed by atoms with Crippen molar-refractivity contribution in [2.75, 3.05) is 27.2 Å². The first-order chi connectivity index (χ1) is 9.89. The number of hydrogen-bond donors (Lipinski definition) is 2. The number of phenolic OH excluding ortho intramolecular Hbond substituents is 1. The second-order valence-corrected chi connectivity index (χ2v) is 6.15. The summed E-state index contributed by atoms with van der Waals surface area (Å²) in [6.07, 6.45) is 0.797. The Morgan fingerprint density at radius 3 is 2.90 bits per heavy atom. The molecule has 1 unspecified atom stereocenters. The fourth-order valence-corrected chi connectivity index (χ4v) is 3.05. The van der Waals surface area contributed by atoms with E-state index in [0.717, 1.165) is 13.0 Å². The van der Waals surface area contributed by atoms with Gasteiger partial charge < -0.3 is 15.2 Å². The normalized spacial score (nSPS) is 22.3. The Balaban J connectivity index is 2.14. The minimum atomic E-state index is -0.382. The monoisotopic (exact) mass is 312 g/mol. The lowest BCUT2D eigenvalue weighted by molar-refractivity contribution is -0.129. The van der Waals surface area contributed by atoms with Crippen LogP contribution in [-0.4, -0.2) is 43.2 Å². The van der Waals surface area contributed by atoms with Crippen LogP contribution in [0.4, 0.5) is 0 Å². The second-order valence-electron chi connectivity index (χ2n) is 5.72. The minimum Gasteiger partial charge on any atom is -0.504 e. The number of ether oxygens (including phenoxy) is 1. The van der Waals surface area contributed by atoms with E-state index in [1.807, 2.05) is 6.92 Å². The summed E-state index contributed by atoms with van der Waals surface area (Å²) >= 11 is 6.04. The van der Waals surface area contributed by atoms with Crippen LogP contribution in [0.2, 0.25) is 5.02 Å². The van der Waals surface area contributed by atoms with E-state index in [1.165, 1.54) is 7.11 Å². The third-order valence-corrected chi connectivity index (χ3v) is 4.28. The molecule has 0 saturated carbocycles. The zero-order valence-corrected chi connectivity index (χ0v) is 13.3. The summed E-state index contributed by atoms with van der Waals surface area (Å²) in [5.41, 5.74) is 0.327. The van der Waals surface area contributed by atoms with Crippen molar-refractivity contribution in [2.24, 2.45) is 5.41 Å². The van der Waals surface area contributed by atoms with Crippen LogP contribution in [0.1, 0.15) is 18.9 Å². The molecule has 0 radical (unpaired) electrons. The molecule has 2 rings (SSSR count). The van der Waals surface area contributed by atoms with Crippen LogP contribution < -0.4 is 10.1 Å². The average Bonchev–Trinajstić information content (AvgIpc) is 2.84. The molecule has 1 fully saturated rings. The molecule has 116 valence electrons. The van der Waals surface area contributed by atoms with E-state index >= 15 is 0 Å². The maximum Gasteiger partial charge on any atom is 0.227 e. The number of hydrogen-bond acceptors (Lipinski definition) is 4. The Morgan fingerprint density at radius 1 is 1.57 bits per heavy atom. The van der Waals surface area contributed by atoms with Gasteiger partial charge in [0.2, 0.25) is 5.91 Å². The lowest BCUT2D eigenvalue weighted by Crippen LogP contribution is -2.39. The Morgan fingerprint density at radius 2 is 2.29 bits per heavy atom. The van der Waals surface area contributed by atoms with Crippen LogP contribution in [-0.2, 0) is 11.3 Å². The second kappa shape index (κ2) is 6.12. The number of benzene rings is 1. The molecule has 1 saturated heterocycles. The number of rotatable bonds is 4. The molecule has 1 atom stereocenters. The van der Waals surface area contributed by atoms with Crippen molar-refractivity contribution in [3.63, 3.8) is 0 Å². The molecule has 6 heteroatoms. The highest BCUT2D eigenvalue weighted by atomic mass is 35.5. The van der Waals surface area contributed by atoms with Crippen molar-refractivity contribution in [3.8, 4) is 11.5 Å². The molecule has 1 heterocycles. The molecule has 1 aromatic rings. The molecular weight excluding hydrogens is 292 g/mol. The molecule has 1 aromatic carbocycles. The van der Waals surface area contributed by atoms with Crippen LogP contribution in [0.3, 0.4) is 0 Å². The number of likely N-dealkylation sites (tertiary alicyclic amines) is 1. The number of aromatic hydroxyl groups is 1. The number of nitrogens with zero attached hydrogens (tertiary/aromatic N) is 1. The van der Waals surface area contributed by atoms with Gasteiger partial charge in [0.25, 0.3) is 0 Å². The topological polar surface area (TPSA) is 61.8 Å². The lowest BCUT2D eigenvalue weighted by Gasteiger charge is -2.23. The van der Waals surface area contributed by atoms with Crippen LogP contribution in [0.5, 0.6) is 11.5 Å². The van der Waals surface area contributed by atoms with Gasteiger partial charge in [0.1, 0.15) is 0 Å². The number of methoxy groups -OCH3 is 1. The van der Waals surface area contributed by atoms with Crippen LogP contribution >= 0.6 is 11.6 Å². The quantitative estimate of drug-likeness (QED) is 0.893. The fraction of sp³-hybridized carbons (Fsp3) is 0.533. The first-order valence-corrected chi connectivity index (χ1v) is 7.27. The maximum absolute atomic E-state index is 11.9. The third-order valence-electron chi connectivity index (χ3n) is 4.06. The first-order valence-electron chi connectivity index (χ1n) is 6.89. The Kier molecular flexibility index (Phi) is 4.64. The highest BCUT2D eigenvalue weighted by Gasteiger charge is 2.39. The van der Waals surface area contributed by atoms with E-state index in [4.69, 9.17) is 16.3 Å². The zero-order valence-electron chi connectivity index (χ0n) is 12.6. The van der Waals surface area contributed by atoms with Gasteiger partial charge in [-0.3, -0.25) is 9.69 Å². The third kappa shape index (κ3) is 3.24. The summed E-state index contributed by atoms with van der Waals surface area (Å²) in [5, 5.41) is 13.4. The zero-order chi connectivity index (χ0) is 15.6. The van der Waals surface area contributed by atoms with E-state index < -0.39 is 0 Å². The van der Waals surface area contributed by atoms with Gasteiger partial charge in [0, 0.05) is 36.8 Å². The standard InChI is InChI=1S/C15H21ClN2O3/c1-15(14(20)17-2)4-5-18(9-15)8-10-6-11(16)7-12(21-3)13(10)19/h6-7,19H,4-5,8-9H2,1-3H3,(H,17,20).